The number of amides is 2. The second-order valence-corrected chi connectivity index (χ2v) is 9.46. The average Bonchev–Trinajstić information content (AvgIpc) is 3.47. The highest BCUT2D eigenvalue weighted by molar-refractivity contribution is 7.09. The lowest BCUT2D eigenvalue weighted by molar-refractivity contribution is 0.0642. The third-order valence-corrected chi connectivity index (χ3v) is 7.30. The highest BCUT2D eigenvalue weighted by atomic mass is 32.1. The van der Waals surface area contributed by atoms with Gasteiger partial charge in [-0.05, 0) is 41.3 Å². The Bertz CT molecular complexity index is 1200. The van der Waals surface area contributed by atoms with Crippen LogP contribution in [0, 0.1) is 0 Å². The van der Waals surface area contributed by atoms with Crippen LogP contribution in [0.15, 0.2) is 53.9 Å². The molecule has 1 fully saturated rings. The van der Waals surface area contributed by atoms with Gasteiger partial charge in [0.2, 0.25) is 0 Å². The van der Waals surface area contributed by atoms with Crippen molar-refractivity contribution < 1.29 is 19.1 Å². The van der Waals surface area contributed by atoms with Gasteiger partial charge in [0.15, 0.2) is 11.5 Å². The first kappa shape index (κ1) is 22.4. The van der Waals surface area contributed by atoms with Crippen LogP contribution < -0.4 is 14.4 Å². The fraction of sp³-hybridized carbons (Fsp3) is 0.308. The molecule has 0 saturated carbocycles. The zero-order valence-electron chi connectivity index (χ0n) is 19.3. The molecule has 0 unspecified atom stereocenters. The minimum atomic E-state index is -0.257. The summed E-state index contributed by atoms with van der Waals surface area (Å²) in [7, 11) is 3.14. The fourth-order valence-electron chi connectivity index (χ4n) is 4.65. The molecule has 0 N–H and O–H groups in total. The number of carbonyl (C=O) groups excluding carboxylic acids is 2. The predicted molar refractivity (Wildman–Crippen MR) is 132 cm³/mol. The minimum absolute atomic E-state index is 0.181. The van der Waals surface area contributed by atoms with Crippen LogP contribution in [0.3, 0.4) is 0 Å². The zero-order valence-corrected chi connectivity index (χ0v) is 20.1. The molecule has 2 amide bonds. The van der Waals surface area contributed by atoms with Crippen molar-refractivity contribution in [3.63, 3.8) is 0 Å². The molecule has 7 nitrogen and oxygen atoms in total. The van der Waals surface area contributed by atoms with E-state index in [1.54, 1.807) is 43.8 Å². The topological polar surface area (TPSA) is 62.3 Å². The van der Waals surface area contributed by atoms with E-state index >= 15 is 0 Å². The van der Waals surface area contributed by atoms with E-state index in [0.29, 0.717) is 22.6 Å². The molecule has 1 aromatic heterocycles. The Kier molecular flexibility index (Phi) is 6.26. The molecule has 176 valence electrons. The van der Waals surface area contributed by atoms with Crippen molar-refractivity contribution in [3.8, 4) is 11.5 Å². The smallest absolute Gasteiger partial charge is 0.263 e. The number of piperazine rings is 1. The lowest BCUT2D eigenvalue weighted by atomic mass is 10.1. The maximum atomic E-state index is 13.4. The summed E-state index contributed by atoms with van der Waals surface area (Å²) in [5, 5.41) is 2.11. The van der Waals surface area contributed by atoms with Gasteiger partial charge in [-0.15, -0.1) is 11.3 Å². The molecular formula is C26H27N3O4S. The maximum absolute atomic E-state index is 13.4. The van der Waals surface area contributed by atoms with E-state index in [4.69, 9.17) is 9.47 Å². The quantitative estimate of drug-likeness (QED) is 0.482. The average molecular weight is 478 g/mol. The molecule has 2 aliphatic rings. The molecule has 0 spiro atoms. The number of fused-ring (bicyclic) bond motifs is 1. The maximum Gasteiger partial charge on any atom is 0.263 e. The molecule has 0 aliphatic carbocycles. The van der Waals surface area contributed by atoms with Gasteiger partial charge in [-0.2, -0.15) is 0 Å². The first-order valence-corrected chi connectivity index (χ1v) is 12.2. The molecule has 8 heteroatoms. The lowest BCUT2D eigenvalue weighted by Crippen LogP contribution is -2.46. The Morgan fingerprint density at radius 3 is 2.35 bits per heavy atom. The molecule has 0 atom stereocenters. The van der Waals surface area contributed by atoms with Gasteiger partial charge in [-0.1, -0.05) is 18.2 Å². The van der Waals surface area contributed by atoms with Crippen molar-refractivity contribution in [2.24, 2.45) is 0 Å². The summed E-state index contributed by atoms with van der Waals surface area (Å²) >= 11 is 1.78. The SMILES string of the molecule is COc1ccc(CN2C(=O)c3cccc(N4CCN(Cc5cccs5)CC4)c3C2=O)cc1OC. The Labute approximate surface area is 203 Å². The number of hydrogen-bond acceptors (Lipinski definition) is 7. The molecule has 0 bridgehead atoms. The summed E-state index contributed by atoms with van der Waals surface area (Å²) in [6.45, 7) is 4.60. The second-order valence-electron chi connectivity index (χ2n) is 8.43. The number of benzene rings is 2. The highest BCUT2D eigenvalue weighted by Gasteiger charge is 2.38. The van der Waals surface area contributed by atoms with Gasteiger partial charge in [0, 0.05) is 37.6 Å². The van der Waals surface area contributed by atoms with Crippen LogP contribution in [0.5, 0.6) is 11.5 Å². The summed E-state index contributed by atoms with van der Waals surface area (Å²) in [6, 6.07) is 15.3. The predicted octanol–water partition coefficient (Wildman–Crippen LogP) is 3.88. The number of nitrogens with zero attached hydrogens (tertiary/aromatic N) is 3. The number of imide groups is 1. The van der Waals surface area contributed by atoms with Crippen molar-refractivity contribution >= 4 is 28.8 Å². The summed E-state index contributed by atoms with van der Waals surface area (Å²) in [6.07, 6.45) is 0. The Morgan fingerprint density at radius 1 is 0.853 bits per heavy atom. The van der Waals surface area contributed by atoms with E-state index < -0.39 is 0 Å². The lowest BCUT2D eigenvalue weighted by Gasteiger charge is -2.36. The van der Waals surface area contributed by atoms with Gasteiger partial charge in [0.05, 0.1) is 37.6 Å². The molecule has 2 aromatic carbocycles. The van der Waals surface area contributed by atoms with Crippen molar-refractivity contribution in [3.05, 3.63) is 75.5 Å². The fourth-order valence-corrected chi connectivity index (χ4v) is 5.40. The van der Waals surface area contributed by atoms with E-state index in [2.05, 4.69) is 27.3 Å². The van der Waals surface area contributed by atoms with Crippen LogP contribution in [-0.4, -0.2) is 62.0 Å². The molecule has 34 heavy (non-hydrogen) atoms. The zero-order chi connectivity index (χ0) is 23.7. The molecule has 1 saturated heterocycles. The Hall–Kier alpha value is -3.36. The van der Waals surface area contributed by atoms with E-state index in [-0.39, 0.29) is 18.4 Å². The third-order valence-electron chi connectivity index (χ3n) is 6.44. The standard InChI is InChI=1S/C26H27N3O4S/c1-32-22-9-8-18(15-23(22)33-2)16-29-25(30)20-6-3-7-21(24(20)26(29)31)28-12-10-27(11-13-28)17-19-5-4-14-34-19/h3-9,14-15H,10-13,16-17H2,1-2H3. The van der Waals surface area contributed by atoms with Gasteiger partial charge in [-0.25, -0.2) is 0 Å². The van der Waals surface area contributed by atoms with Crippen molar-refractivity contribution in [1.29, 1.82) is 0 Å². The monoisotopic (exact) mass is 477 g/mol. The van der Waals surface area contributed by atoms with Gasteiger partial charge >= 0.3 is 0 Å². The normalized spacial score (nSPS) is 16.2. The van der Waals surface area contributed by atoms with Gasteiger partial charge in [0.25, 0.3) is 11.8 Å². The van der Waals surface area contributed by atoms with Gasteiger partial charge < -0.3 is 14.4 Å². The second kappa shape index (κ2) is 9.48. The van der Waals surface area contributed by atoms with Crippen molar-refractivity contribution in [2.45, 2.75) is 13.1 Å². The molecule has 3 heterocycles. The molecule has 5 rings (SSSR count). The number of rotatable bonds is 7. The Balaban J connectivity index is 1.33. The largest absolute Gasteiger partial charge is 0.493 e. The van der Waals surface area contributed by atoms with Crippen LogP contribution in [0.25, 0.3) is 0 Å². The van der Waals surface area contributed by atoms with E-state index in [1.807, 2.05) is 18.2 Å². The van der Waals surface area contributed by atoms with Crippen LogP contribution >= 0.6 is 11.3 Å². The summed E-state index contributed by atoms with van der Waals surface area (Å²) < 4.78 is 10.7. The van der Waals surface area contributed by atoms with Crippen molar-refractivity contribution in [2.75, 3.05) is 45.3 Å². The van der Waals surface area contributed by atoms with Crippen molar-refractivity contribution in [1.82, 2.24) is 9.80 Å². The van der Waals surface area contributed by atoms with Crippen LogP contribution in [0.2, 0.25) is 0 Å². The molecule has 0 radical (unpaired) electrons. The minimum Gasteiger partial charge on any atom is -0.493 e. The number of anilines is 1. The summed E-state index contributed by atoms with van der Waals surface area (Å²) in [5.41, 5.74) is 2.64. The summed E-state index contributed by atoms with van der Waals surface area (Å²) in [5.74, 6) is 0.672. The van der Waals surface area contributed by atoms with Gasteiger partial charge in [-0.3, -0.25) is 19.4 Å². The van der Waals surface area contributed by atoms with Gasteiger partial charge in [0.1, 0.15) is 0 Å². The molecular weight excluding hydrogens is 450 g/mol. The Morgan fingerprint density at radius 2 is 1.65 bits per heavy atom. The third kappa shape index (κ3) is 4.15. The number of methoxy groups -OCH3 is 2. The van der Waals surface area contributed by atoms with Crippen LogP contribution in [-0.2, 0) is 13.1 Å². The van der Waals surface area contributed by atoms with Crippen LogP contribution in [0.4, 0.5) is 5.69 Å². The van der Waals surface area contributed by atoms with E-state index in [1.165, 1.54) is 9.78 Å². The summed E-state index contributed by atoms with van der Waals surface area (Å²) in [4.78, 5) is 34.0. The molecule has 2 aliphatic heterocycles. The first-order chi connectivity index (χ1) is 16.6. The van der Waals surface area contributed by atoms with E-state index in [0.717, 1.165) is 44.0 Å². The molecule has 3 aromatic rings. The highest BCUT2D eigenvalue weighted by Crippen LogP contribution is 2.34. The number of carbonyl (C=O) groups is 2. The number of ether oxygens (including phenoxy) is 2. The first-order valence-electron chi connectivity index (χ1n) is 11.3. The van der Waals surface area contributed by atoms with Crippen LogP contribution in [0.1, 0.15) is 31.2 Å². The van der Waals surface area contributed by atoms with E-state index in [9.17, 15) is 9.59 Å². The number of hydrogen-bond donors (Lipinski definition) is 0. The number of thiophene rings is 1.